The van der Waals surface area contributed by atoms with Crippen molar-refractivity contribution in [2.24, 2.45) is 5.92 Å². The van der Waals surface area contributed by atoms with Gasteiger partial charge in [-0.3, -0.25) is 4.79 Å². The lowest BCUT2D eigenvalue weighted by Gasteiger charge is -2.32. The van der Waals surface area contributed by atoms with Gasteiger partial charge in [0.05, 0.1) is 6.42 Å². The van der Waals surface area contributed by atoms with E-state index < -0.39 is 5.97 Å². The summed E-state index contributed by atoms with van der Waals surface area (Å²) in [5, 5.41) is 11.9. The van der Waals surface area contributed by atoms with Crippen LogP contribution in [0.3, 0.4) is 0 Å². The number of aliphatic carboxylic acids is 1. The number of carboxylic acid groups (broad SMARTS) is 1. The predicted molar refractivity (Wildman–Crippen MR) is 78.7 cm³/mol. The monoisotopic (exact) mass is 284 g/mol. The number of nitrogens with zero attached hydrogens (tertiary/aromatic N) is 1. The topological polar surface area (TPSA) is 69.6 Å². The van der Waals surface area contributed by atoms with Crippen molar-refractivity contribution in [1.29, 1.82) is 0 Å². The molecule has 1 saturated carbocycles. The fraction of sp³-hybridized carbons (Fsp3) is 0.867. The quantitative estimate of drug-likeness (QED) is 0.788. The Morgan fingerprint density at radius 2 is 1.85 bits per heavy atom. The molecular formula is C15H28N2O3. The molecule has 1 aliphatic rings. The fourth-order valence-corrected chi connectivity index (χ4v) is 3.05. The van der Waals surface area contributed by atoms with E-state index in [1.165, 1.54) is 32.1 Å². The van der Waals surface area contributed by atoms with E-state index in [0.717, 1.165) is 0 Å². The largest absolute Gasteiger partial charge is 0.481 e. The van der Waals surface area contributed by atoms with E-state index in [1.54, 1.807) is 11.8 Å². The summed E-state index contributed by atoms with van der Waals surface area (Å²) in [6, 6.07) is -0.260. The van der Waals surface area contributed by atoms with Gasteiger partial charge >= 0.3 is 12.0 Å². The zero-order valence-electron chi connectivity index (χ0n) is 12.9. The van der Waals surface area contributed by atoms with Gasteiger partial charge in [-0.2, -0.15) is 0 Å². The van der Waals surface area contributed by atoms with Gasteiger partial charge in [-0.25, -0.2) is 4.79 Å². The summed E-state index contributed by atoms with van der Waals surface area (Å²) < 4.78 is 0. The zero-order chi connectivity index (χ0) is 15.1. The molecule has 5 nitrogen and oxygen atoms in total. The second-order valence-electron chi connectivity index (χ2n) is 5.87. The van der Waals surface area contributed by atoms with Gasteiger partial charge in [0.15, 0.2) is 0 Å². The maximum absolute atomic E-state index is 12.3. The normalized spacial score (nSPS) is 19.1. The van der Waals surface area contributed by atoms with Crippen LogP contribution < -0.4 is 5.32 Å². The van der Waals surface area contributed by atoms with Crippen LogP contribution in [0.4, 0.5) is 4.79 Å². The minimum absolute atomic E-state index is 0.0148. The maximum Gasteiger partial charge on any atom is 0.317 e. The first-order valence-electron chi connectivity index (χ1n) is 7.74. The smallest absolute Gasteiger partial charge is 0.317 e. The van der Waals surface area contributed by atoms with Crippen molar-refractivity contribution < 1.29 is 14.7 Å². The van der Waals surface area contributed by atoms with Crippen molar-refractivity contribution in [3.63, 3.8) is 0 Å². The Balaban J connectivity index is 2.51. The van der Waals surface area contributed by atoms with Crippen molar-refractivity contribution >= 4 is 12.0 Å². The summed E-state index contributed by atoms with van der Waals surface area (Å²) in [5.41, 5.74) is 0. The van der Waals surface area contributed by atoms with Crippen molar-refractivity contribution in [2.45, 2.75) is 71.4 Å². The van der Waals surface area contributed by atoms with Crippen molar-refractivity contribution in [3.05, 3.63) is 0 Å². The van der Waals surface area contributed by atoms with Crippen molar-refractivity contribution in [1.82, 2.24) is 10.2 Å². The van der Waals surface area contributed by atoms with Crippen LogP contribution in [0.15, 0.2) is 0 Å². The molecule has 20 heavy (non-hydrogen) atoms. The fourth-order valence-electron chi connectivity index (χ4n) is 3.05. The number of carbonyl (C=O) groups excluding carboxylic acids is 1. The number of urea groups is 1. The molecule has 1 rings (SSSR count). The average Bonchev–Trinajstić information content (AvgIpc) is 2.39. The average molecular weight is 284 g/mol. The van der Waals surface area contributed by atoms with E-state index in [0.29, 0.717) is 12.5 Å². The molecule has 0 bridgehead atoms. The van der Waals surface area contributed by atoms with Gasteiger partial charge in [0, 0.05) is 18.6 Å². The maximum atomic E-state index is 12.3. The van der Waals surface area contributed by atoms with Gasteiger partial charge in [0.1, 0.15) is 0 Å². The Morgan fingerprint density at radius 3 is 2.35 bits per heavy atom. The highest BCUT2D eigenvalue weighted by atomic mass is 16.4. The molecule has 0 radical (unpaired) electrons. The van der Waals surface area contributed by atoms with Gasteiger partial charge in [-0.05, 0) is 39.5 Å². The molecule has 0 aromatic carbocycles. The molecule has 0 heterocycles. The van der Waals surface area contributed by atoms with Crippen molar-refractivity contribution in [2.75, 3.05) is 6.54 Å². The summed E-state index contributed by atoms with van der Waals surface area (Å²) in [6.07, 6.45) is 6.14. The standard InChI is InChI=1S/C15H28N2O3/c1-4-17(11(2)10-14(18)19)15(20)16-12(3)13-8-6-5-7-9-13/h11-13H,4-10H2,1-3H3,(H,16,20)(H,18,19). The molecule has 5 heteroatoms. The Morgan fingerprint density at radius 1 is 1.25 bits per heavy atom. The number of carboxylic acids is 1. The highest BCUT2D eigenvalue weighted by Gasteiger charge is 2.25. The molecule has 116 valence electrons. The van der Waals surface area contributed by atoms with Crippen LogP contribution in [0, 0.1) is 5.92 Å². The number of hydrogen-bond donors (Lipinski definition) is 2. The number of nitrogens with one attached hydrogen (secondary N) is 1. The van der Waals surface area contributed by atoms with Crippen LogP contribution in [-0.4, -0.2) is 40.6 Å². The van der Waals surface area contributed by atoms with Gasteiger partial charge in [0.2, 0.25) is 0 Å². The molecule has 2 N–H and O–H groups in total. The Hall–Kier alpha value is -1.26. The molecular weight excluding hydrogens is 256 g/mol. The van der Waals surface area contributed by atoms with Crippen LogP contribution in [0.2, 0.25) is 0 Å². The summed E-state index contributed by atoms with van der Waals surface area (Å²) in [7, 11) is 0. The second-order valence-corrected chi connectivity index (χ2v) is 5.87. The van der Waals surface area contributed by atoms with Gasteiger partial charge in [0.25, 0.3) is 0 Å². The number of carbonyl (C=O) groups is 2. The van der Waals surface area contributed by atoms with Crippen LogP contribution in [0.25, 0.3) is 0 Å². The van der Waals surface area contributed by atoms with E-state index in [9.17, 15) is 9.59 Å². The molecule has 0 aliphatic heterocycles. The van der Waals surface area contributed by atoms with Gasteiger partial charge in [-0.15, -0.1) is 0 Å². The first-order chi connectivity index (χ1) is 9.45. The third kappa shape index (κ3) is 5.02. The van der Waals surface area contributed by atoms with Crippen molar-refractivity contribution in [3.8, 4) is 0 Å². The molecule has 1 aliphatic carbocycles. The molecule has 0 spiro atoms. The Bertz CT molecular complexity index is 327. The van der Waals surface area contributed by atoms with E-state index in [4.69, 9.17) is 5.11 Å². The first kappa shape index (κ1) is 16.8. The predicted octanol–water partition coefficient (Wildman–Crippen LogP) is 2.85. The van der Waals surface area contributed by atoms with Crippen LogP contribution in [0.5, 0.6) is 0 Å². The number of amides is 2. The lowest BCUT2D eigenvalue weighted by Crippen LogP contribution is -2.50. The number of rotatable bonds is 6. The molecule has 2 unspecified atom stereocenters. The summed E-state index contributed by atoms with van der Waals surface area (Å²) >= 11 is 0. The Labute approximate surface area is 121 Å². The van der Waals surface area contributed by atoms with Gasteiger partial charge in [-0.1, -0.05) is 19.3 Å². The van der Waals surface area contributed by atoms with Crippen LogP contribution in [-0.2, 0) is 4.79 Å². The van der Waals surface area contributed by atoms with E-state index >= 15 is 0 Å². The summed E-state index contributed by atoms with van der Waals surface area (Å²) in [6.45, 7) is 6.24. The SMILES string of the molecule is CCN(C(=O)NC(C)C1CCCCC1)C(C)CC(=O)O. The molecule has 2 amide bonds. The molecule has 1 fully saturated rings. The second kappa shape index (κ2) is 8.12. The lowest BCUT2D eigenvalue weighted by molar-refractivity contribution is -0.138. The summed E-state index contributed by atoms with van der Waals surface area (Å²) in [5.74, 6) is -0.315. The third-order valence-corrected chi connectivity index (χ3v) is 4.31. The summed E-state index contributed by atoms with van der Waals surface area (Å²) in [4.78, 5) is 24.6. The minimum Gasteiger partial charge on any atom is -0.481 e. The van der Waals surface area contributed by atoms with E-state index in [-0.39, 0.29) is 24.5 Å². The highest BCUT2D eigenvalue weighted by Crippen LogP contribution is 2.26. The van der Waals surface area contributed by atoms with E-state index in [2.05, 4.69) is 12.2 Å². The third-order valence-electron chi connectivity index (χ3n) is 4.31. The number of hydrogen-bond acceptors (Lipinski definition) is 2. The first-order valence-corrected chi connectivity index (χ1v) is 7.74. The van der Waals surface area contributed by atoms with Crippen LogP contribution in [0.1, 0.15) is 59.3 Å². The highest BCUT2D eigenvalue weighted by molar-refractivity contribution is 5.76. The minimum atomic E-state index is -0.871. The molecule has 0 saturated heterocycles. The van der Waals surface area contributed by atoms with Gasteiger partial charge < -0.3 is 15.3 Å². The molecule has 0 aromatic heterocycles. The Kier molecular flexibility index (Phi) is 6.82. The van der Waals surface area contributed by atoms with Crippen LogP contribution >= 0.6 is 0 Å². The molecule has 2 atom stereocenters. The zero-order valence-corrected chi connectivity index (χ0v) is 12.9. The lowest BCUT2D eigenvalue weighted by atomic mass is 9.84. The molecule has 0 aromatic rings. The van der Waals surface area contributed by atoms with E-state index in [1.807, 2.05) is 6.92 Å².